The van der Waals surface area contributed by atoms with Gasteiger partial charge in [-0.2, -0.15) is 13.2 Å². The van der Waals surface area contributed by atoms with E-state index in [1.165, 1.54) is 12.1 Å². The first kappa shape index (κ1) is 15.4. The highest BCUT2D eigenvalue weighted by molar-refractivity contribution is 9.10. The minimum atomic E-state index is -4.36. The molecule has 0 aliphatic carbocycles. The lowest BCUT2D eigenvalue weighted by Gasteiger charge is -2.08. The lowest BCUT2D eigenvalue weighted by molar-refractivity contribution is -0.385. The van der Waals surface area contributed by atoms with Gasteiger partial charge in [-0.05, 0) is 28.1 Å². The molecule has 0 aliphatic rings. The van der Waals surface area contributed by atoms with Gasteiger partial charge in [0.05, 0.1) is 15.8 Å². The van der Waals surface area contributed by atoms with Crippen LogP contribution in [0.3, 0.4) is 0 Å². The van der Waals surface area contributed by atoms with E-state index in [0.717, 1.165) is 6.07 Å². The second kappa shape index (κ2) is 6.00. The molecule has 1 rings (SSSR count). The predicted octanol–water partition coefficient (Wildman–Crippen LogP) is 3.04. The smallest absolute Gasteiger partial charge is 0.352 e. The molecule has 0 radical (unpaired) electrons. The second-order valence-corrected chi connectivity index (χ2v) is 4.40. The number of hydrogen-bond donors (Lipinski definition) is 1. The van der Waals surface area contributed by atoms with Gasteiger partial charge in [0.15, 0.2) is 0 Å². The van der Waals surface area contributed by atoms with Crippen molar-refractivity contribution in [3.63, 3.8) is 0 Å². The predicted molar refractivity (Wildman–Crippen MR) is 63.8 cm³/mol. The van der Waals surface area contributed by atoms with Crippen molar-refractivity contribution in [1.29, 1.82) is 0 Å². The quantitative estimate of drug-likeness (QED) is 0.676. The third-order valence-electron chi connectivity index (χ3n) is 2.10. The SMILES string of the molecule is O=C(NCCC(F)(F)F)c1ccc(Br)c([N+](=O)[O-])c1. The fraction of sp³-hybridized carbons (Fsp3) is 0.300. The van der Waals surface area contributed by atoms with Gasteiger partial charge in [-0.25, -0.2) is 0 Å². The van der Waals surface area contributed by atoms with Gasteiger partial charge in [-0.15, -0.1) is 0 Å². The number of alkyl halides is 3. The molecule has 0 saturated heterocycles. The summed E-state index contributed by atoms with van der Waals surface area (Å²) in [5.41, 5.74) is -0.402. The Bertz CT molecular complexity index is 505. The average Bonchev–Trinajstić information content (AvgIpc) is 2.27. The number of rotatable bonds is 4. The summed E-state index contributed by atoms with van der Waals surface area (Å²) >= 11 is 2.94. The summed E-state index contributed by atoms with van der Waals surface area (Å²) in [6.07, 6.45) is -5.52. The summed E-state index contributed by atoms with van der Waals surface area (Å²) in [7, 11) is 0. The molecule has 1 N–H and O–H groups in total. The van der Waals surface area contributed by atoms with Crippen molar-refractivity contribution >= 4 is 27.5 Å². The molecule has 19 heavy (non-hydrogen) atoms. The third kappa shape index (κ3) is 4.86. The number of halogens is 4. The van der Waals surface area contributed by atoms with Crippen LogP contribution in [0.4, 0.5) is 18.9 Å². The van der Waals surface area contributed by atoms with Crippen molar-refractivity contribution in [3.05, 3.63) is 38.3 Å². The Hall–Kier alpha value is -1.64. The van der Waals surface area contributed by atoms with Crippen LogP contribution < -0.4 is 5.32 Å². The van der Waals surface area contributed by atoms with Crippen LogP contribution in [-0.2, 0) is 0 Å². The maximum absolute atomic E-state index is 11.9. The molecule has 0 aromatic heterocycles. The molecule has 1 aromatic rings. The molecule has 0 spiro atoms. The lowest BCUT2D eigenvalue weighted by atomic mass is 10.2. The molecule has 1 aromatic carbocycles. The number of nitro benzene ring substituents is 1. The van der Waals surface area contributed by atoms with E-state index in [1.807, 2.05) is 5.32 Å². The maximum atomic E-state index is 11.9. The summed E-state index contributed by atoms with van der Waals surface area (Å²) in [6, 6.07) is 3.56. The Morgan fingerprint density at radius 2 is 2.05 bits per heavy atom. The second-order valence-electron chi connectivity index (χ2n) is 3.54. The molecule has 0 fully saturated rings. The standard InChI is InChI=1S/C10H8BrF3N2O3/c11-7-2-1-6(5-8(7)16(18)19)9(17)15-4-3-10(12,13)14/h1-2,5H,3-4H2,(H,15,17). The summed E-state index contributed by atoms with van der Waals surface area (Å²) < 4.78 is 35.8. The number of carbonyl (C=O) groups is 1. The summed E-state index contributed by atoms with van der Waals surface area (Å²) in [5, 5.41) is 12.7. The Morgan fingerprint density at radius 1 is 1.42 bits per heavy atom. The first-order chi connectivity index (χ1) is 8.70. The van der Waals surface area contributed by atoms with Crippen molar-refractivity contribution in [2.45, 2.75) is 12.6 Å². The number of hydrogen-bond acceptors (Lipinski definition) is 3. The lowest BCUT2D eigenvalue weighted by Crippen LogP contribution is -2.27. The van der Waals surface area contributed by atoms with Crippen LogP contribution in [0.5, 0.6) is 0 Å². The Labute approximate surface area is 114 Å². The minimum Gasteiger partial charge on any atom is -0.352 e. The van der Waals surface area contributed by atoms with Crippen LogP contribution in [-0.4, -0.2) is 23.6 Å². The van der Waals surface area contributed by atoms with E-state index in [-0.39, 0.29) is 15.7 Å². The number of nitrogens with zero attached hydrogens (tertiary/aromatic N) is 1. The summed E-state index contributed by atoms with van der Waals surface area (Å²) in [6.45, 7) is -0.577. The van der Waals surface area contributed by atoms with Crippen LogP contribution >= 0.6 is 15.9 Å². The molecule has 0 bridgehead atoms. The molecule has 1 amide bonds. The van der Waals surface area contributed by atoms with E-state index in [0.29, 0.717) is 0 Å². The van der Waals surface area contributed by atoms with Crippen molar-refractivity contribution in [3.8, 4) is 0 Å². The molecule has 0 saturated carbocycles. The molecule has 0 heterocycles. The van der Waals surface area contributed by atoms with Crippen molar-refractivity contribution in [2.24, 2.45) is 0 Å². The highest BCUT2D eigenvalue weighted by atomic mass is 79.9. The topological polar surface area (TPSA) is 72.2 Å². The van der Waals surface area contributed by atoms with E-state index in [9.17, 15) is 28.1 Å². The Balaban J connectivity index is 2.73. The molecule has 9 heteroatoms. The van der Waals surface area contributed by atoms with Gasteiger partial charge in [-0.1, -0.05) is 0 Å². The number of nitro groups is 1. The number of carbonyl (C=O) groups excluding carboxylic acids is 1. The zero-order valence-electron chi connectivity index (χ0n) is 9.33. The largest absolute Gasteiger partial charge is 0.390 e. The van der Waals surface area contributed by atoms with Gasteiger partial charge in [0, 0.05) is 18.2 Å². The molecule has 0 atom stereocenters. The fourth-order valence-electron chi connectivity index (χ4n) is 1.21. The third-order valence-corrected chi connectivity index (χ3v) is 2.77. The monoisotopic (exact) mass is 340 g/mol. The first-order valence-corrected chi connectivity index (χ1v) is 5.79. The van der Waals surface area contributed by atoms with E-state index in [2.05, 4.69) is 15.9 Å². The number of benzene rings is 1. The van der Waals surface area contributed by atoms with Gasteiger partial charge in [0.25, 0.3) is 11.6 Å². The molecular formula is C10H8BrF3N2O3. The van der Waals surface area contributed by atoms with E-state index in [1.54, 1.807) is 0 Å². The zero-order valence-corrected chi connectivity index (χ0v) is 10.9. The van der Waals surface area contributed by atoms with Gasteiger partial charge >= 0.3 is 6.18 Å². The van der Waals surface area contributed by atoms with E-state index >= 15 is 0 Å². The minimum absolute atomic E-state index is 0.0722. The number of nitrogens with one attached hydrogen (secondary N) is 1. The van der Waals surface area contributed by atoms with Crippen LogP contribution in [0.25, 0.3) is 0 Å². The van der Waals surface area contributed by atoms with Gasteiger partial charge < -0.3 is 5.32 Å². The Kier molecular flexibility index (Phi) is 4.87. The van der Waals surface area contributed by atoms with Crippen LogP contribution in [0, 0.1) is 10.1 Å². The zero-order chi connectivity index (χ0) is 14.6. The van der Waals surface area contributed by atoms with Crippen molar-refractivity contribution in [2.75, 3.05) is 6.54 Å². The molecule has 104 valence electrons. The summed E-state index contributed by atoms with van der Waals surface area (Å²) in [5.74, 6) is -0.792. The van der Waals surface area contributed by atoms with Gasteiger partial charge in [0.1, 0.15) is 0 Å². The van der Waals surface area contributed by atoms with Gasteiger partial charge in [-0.3, -0.25) is 14.9 Å². The fourth-order valence-corrected chi connectivity index (χ4v) is 1.61. The van der Waals surface area contributed by atoms with Gasteiger partial charge in [0.2, 0.25) is 0 Å². The Morgan fingerprint density at radius 3 is 2.58 bits per heavy atom. The maximum Gasteiger partial charge on any atom is 0.390 e. The molecular weight excluding hydrogens is 333 g/mol. The van der Waals surface area contributed by atoms with Crippen molar-refractivity contribution < 1.29 is 22.9 Å². The number of amides is 1. The molecule has 0 aliphatic heterocycles. The first-order valence-electron chi connectivity index (χ1n) is 4.99. The van der Waals surface area contributed by atoms with E-state index < -0.39 is 30.0 Å². The normalized spacial score (nSPS) is 11.2. The highest BCUT2D eigenvalue weighted by Crippen LogP contribution is 2.25. The van der Waals surface area contributed by atoms with Crippen LogP contribution in [0.2, 0.25) is 0 Å². The van der Waals surface area contributed by atoms with E-state index in [4.69, 9.17) is 0 Å². The molecule has 0 unspecified atom stereocenters. The average molecular weight is 341 g/mol. The van der Waals surface area contributed by atoms with Crippen molar-refractivity contribution in [1.82, 2.24) is 5.32 Å². The summed E-state index contributed by atoms with van der Waals surface area (Å²) in [4.78, 5) is 21.4. The highest BCUT2D eigenvalue weighted by Gasteiger charge is 2.26. The van der Waals surface area contributed by atoms with Crippen LogP contribution in [0.15, 0.2) is 22.7 Å². The molecule has 5 nitrogen and oxygen atoms in total. The van der Waals surface area contributed by atoms with Crippen LogP contribution in [0.1, 0.15) is 16.8 Å².